The van der Waals surface area contributed by atoms with Gasteiger partial charge in [-0.3, -0.25) is 24.0 Å². The molecule has 0 bridgehead atoms. The van der Waals surface area contributed by atoms with E-state index in [4.69, 9.17) is 23.7 Å². The topological polar surface area (TPSA) is 144 Å². The molecule has 0 aromatic carbocycles. The van der Waals surface area contributed by atoms with E-state index >= 15 is 0 Å². The summed E-state index contributed by atoms with van der Waals surface area (Å²) in [4.78, 5) is 62.9. The lowest BCUT2D eigenvalue weighted by Crippen LogP contribution is -2.62. The zero-order chi connectivity index (χ0) is 24.0. The van der Waals surface area contributed by atoms with Gasteiger partial charge in [-0.2, -0.15) is 0 Å². The van der Waals surface area contributed by atoms with Crippen LogP contribution in [0.2, 0.25) is 0 Å². The molecule has 12 heteroatoms. The van der Waals surface area contributed by atoms with Gasteiger partial charge in [0.25, 0.3) is 0 Å². The summed E-state index contributed by atoms with van der Waals surface area (Å²) in [5.74, 6) is -2.83. The van der Waals surface area contributed by atoms with Crippen molar-refractivity contribution < 1.29 is 47.7 Å². The number of hydrogen-bond donors (Lipinski definition) is 0. The van der Waals surface area contributed by atoms with E-state index in [-0.39, 0.29) is 18.8 Å². The SMILES string of the molecule is CC(=O)OC[C@H]1O[C@H](Cc2ncc(C(C)=O)s2)[C@@H](OC(C)=O)[C@@H](OC(C)=O)[C@@H]1OC(C)=O. The number of Topliss-reactive ketones (excluding diaryl/α,β-unsaturated/α-hetero) is 1. The van der Waals surface area contributed by atoms with E-state index in [1.54, 1.807) is 0 Å². The Hall–Kier alpha value is -2.86. The van der Waals surface area contributed by atoms with Gasteiger partial charge in [-0.05, 0) is 0 Å². The lowest BCUT2D eigenvalue weighted by molar-refractivity contribution is -0.252. The first-order chi connectivity index (χ1) is 15.0. The number of nitrogens with zero attached hydrogens (tertiary/aromatic N) is 1. The average Bonchev–Trinajstić information content (AvgIpc) is 3.13. The molecule has 32 heavy (non-hydrogen) atoms. The van der Waals surface area contributed by atoms with Crippen molar-refractivity contribution in [2.24, 2.45) is 0 Å². The lowest BCUT2D eigenvalue weighted by Gasteiger charge is -2.44. The second-order valence-corrected chi connectivity index (χ2v) is 8.23. The molecule has 5 atom stereocenters. The first-order valence-corrected chi connectivity index (χ1v) is 10.6. The summed E-state index contributed by atoms with van der Waals surface area (Å²) in [6.07, 6.45) is -3.99. The zero-order valence-corrected chi connectivity index (χ0v) is 19.1. The molecule has 0 unspecified atom stereocenters. The van der Waals surface area contributed by atoms with E-state index in [9.17, 15) is 24.0 Å². The van der Waals surface area contributed by atoms with Crippen LogP contribution in [0.15, 0.2) is 6.20 Å². The van der Waals surface area contributed by atoms with Crippen molar-refractivity contribution in [3.63, 3.8) is 0 Å². The highest BCUT2D eigenvalue weighted by atomic mass is 32.1. The van der Waals surface area contributed by atoms with Crippen LogP contribution in [0.5, 0.6) is 0 Å². The Morgan fingerprint density at radius 1 is 0.844 bits per heavy atom. The molecule has 0 amide bonds. The van der Waals surface area contributed by atoms with Gasteiger partial charge in [0.05, 0.1) is 9.88 Å². The highest BCUT2D eigenvalue weighted by molar-refractivity contribution is 7.13. The van der Waals surface area contributed by atoms with Crippen LogP contribution in [0.1, 0.15) is 49.3 Å². The molecule has 176 valence electrons. The van der Waals surface area contributed by atoms with Crippen LogP contribution in [-0.2, 0) is 49.3 Å². The summed E-state index contributed by atoms with van der Waals surface area (Å²) in [5, 5.41) is 0.510. The zero-order valence-electron chi connectivity index (χ0n) is 18.3. The van der Waals surface area contributed by atoms with Gasteiger partial charge in [0, 0.05) is 47.2 Å². The third kappa shape index (κ3) is 7.09. The van der Waals surface area contributed by atoms with Crippen LogP contribution >= 0.6 is 11.3 Å². The van der Waals surface area contributed by atoms with Crippen LogP contribution in [-0.4, -0.2) is 71.8 Å². The second kappa shape index (κ2) is 11.1. The highest BCUT2D eigenvalue weighted by Gasteiger charge is 2.52. The van der Waals surface area contributed by atoms with Crippen LogP contribution in [0.4, 0.5) is 0 Å². The number of rotatable bonds is 8. The monoisotopic (exact) mass is 471 g/mol. The van der Waals surface area contributed by atoms with Crippen molar-refractivity contribution in [1.29, 1.82) is 0 Å². The molecule has 1 fully saturated rings. The summed E-state index contributed by atoms with van der Waals surface area (Å²) in [5.41, 5.74) is 0. The Balaban J connectivity index is 2.43. The normalized spacial score (nSPS) is 24.8. The third-order valence-corrected chi connectivity index (χ3v) is 5.48. The minimum atomic E-state index is -1.23. The van der Waals surface area contributed by atoms with Crippen molar-refractivity contribution in [3.8, 4) is 0 Å². The maximum absolute atomic E-state index is 11.8. The Kier molecular flexibility index (Phi) is 8.84. The van der Waals surface area contributed by atoms with Crippen molar-refractivity contribution in [2.45, 2.75) is 71.6 Å². The molecule has 1 aromatic heterocycles. The largest absolute Gasteiger partial charge is 0.463 e. The Labute approximate surface area is 188 Å². The maximum atomic E-state index is 11.8. The van der Waals surface area contributed by atoms with Crippen molar-refractivity contribution in [3.05, 3.63) is 16.1 Å². The van der Waals surface area contributed by atoms with Gasteiger partial charge < -0.3 is 23.7 Å². The van der Waals surface area contributed by atoms with E-state index in [2.05, 4.69) is 4.98 Å². The van der Waals surface area contributed by atoms with Gasteiger partial charge in [0.15, 0.2) is 24.1 Å². The molecule has 1 aromatic rings. The third-order valence-electron chi connectivity index (χ3n) is 4.36. The molecule has 1 saturated heterocycles. The van der Waals surface area contributed by atoms with Crippen LogP contribution in [0.3, 0.4) is 0 Å². The molecule has 2 rings (SSSR count). The van der Waals surface area contributed by atoms with Crippen molar-refractivity contribution in [2.75, 3.05) is 6.61 Å². The minimum Gasteiger partial charge on any atom is -0.463 e. The molecule has 0 spiro atoms. The number of carbonyl (C=O) groups excluding carboxylic acids is 5. The summed E-state index contributed by atoms with van der Waals surface area (Å²) in [6, 6.07) is 0. The number of esters is 4. The fourth-order valence-electron chi connectivity index (χ4n) is 3.22. The van der Waals surface area contributed by atoms with E-state index < -0.39 is 54.4 Å². The van der Waals surface area contributed by atoms with Crippen LogP contribution in [0, 0.1) is 0 Å². The molecule has 1 aliphatic rings. The standard InChI is InChI=1S/C20H25NO10S/c1-9(22)16-7-21-17(32-16)6-14-18(28-11(3)24)20(30-13(5)26)19(29-12(4)25)15(31-14)8-27-10(2)23/h7,14-15,18-20H,6,8H2,1-5H3/t14-,15-,18-,19-,20-/m1/s1. The van der Waals surface area contributed by atoms with Crippen molar-refractivity contribution in [1.82, 2.24) is 4.98 Å². The summed E-state index contributed by atoms with van der Waals surface area (Å²) < 4.78 is 27.1. The van der Waals surface area contributed by atoms with Crippen molar-refractivity contribution >= 4 is 41.0 Å². The predicted octanol–water partition coefficient (Wildman–Crippen LogP) is 1.01. The maximum Gasteiger partial charge on any atom is 0.303 e. The number of thiazole rings is 1. The van der Waals surface area contributed by atoms with Gasteiger partial charge in [-0.15, -0.1) is 11.3 Å². The van der Waals surface area contributed by atoms with Gasteiger partial charge in [0.2, 0.25) is 0 Å². The minimum absolute atomic E-state index is 0.0943. The Bertz CT molecular complexity index is 881. The van der Waals surface area contributed by atoms with Gasteiger partial charge in [-0.1, -0.05) is 0 Å². The quantitative estimate of drug-likeness (QED) is 0.304. The summed E-state index contributed by atoms with van der Waals surface area (Å²) in [7, 11) is 0. The molecule has 0 radical (unpaired) electrons. The van der Waals surface area contributed by atoms with Gasteiger partial charge in [0.1, 0.15) is 18.8 Å². The first kappa shape index (κ1) is 25.4. The smallest absolute Gasteiger partial charge is 0.303 e. The number of ether oxygens (including phenoxy) is 5. The van der Waals surface area contributed by atoms with E-state index in [1.807, 2.05) is 0 Å². The number of ketones is 1. The number of carbonyl (C=O) groups is 5. The first-order valence-electron chi connectivity index (χ1n) is 9.74. The molecule has 11 nitrogen and oxygen atoms in total. The van der Waals surface area contributed by atoms with Crippen LogP contribution in [0.25, 0.3) is 0 Å². The molecule has 1 aliphatic heterocycles. The van der Waals surface area contributed by atoms with E-state index in [0.29, 0.717) is 9.88 Å². The molecule has 2 heterocycles. The molecule has 0 N–H and O–H groups in total. The molecular weight excluding hydrogens is 446 g/mol. The fraction of sp³-hybridized carbons (Fsp3) is 0.600. The van der Waals surface area contributed by atoms with Gasteiger partial charge >= 0.3 is 23.9 Å². The average molecular weight is 471 g/mol. The van der Waals surface area contributed by atoms with E-state index in [0.717, 1.165) is 25.2 Å². The second-order valence-electron chi connectivity index (χ2n) is 7.12. The summed E-state index contributed by atoms with van der Waals surface area (Å²) >= 11 is 1.14. The lowest BCUT2D eigenvalue weighted by atomic mass is 9.92. The fourth-order valence-corrected chi connectivity index (χ4v) is 4.08. The van der Waals surface area contributed by atoms with Crippen LogP contribution < -0.4 is 0 Å². The Morgan fingerprint density at radius 2 is 1.38 bits per heavy atom. The number of hydrogen-bond acceptors (Lipinski definition) is 12. The van der Waals surface area contributed by atoms with E-state index in [1.165, 1.54) is 27.0 Å². The molecular formula is C20H25NO10S. The number of aromatic nitrogens is 1. The molecule has 0 saturated carbocycles. The molecule has 0 aliphatic carbocycles. The Morgan fingerprint density at radius 3 is 1.84 bits per heavy atom. The highest BCUT2D eigenvalue weighted by Crippen LogP contribution is 2.31. The predicted molar refractivity (Wildman–Crippen MR) is 108 cm³/mol. The van der Waals surface area contributed by atoms with Gasteiger partial charge in [-0.25, -0.2) is 4.98 Å². The summed E-state index contributed by atoms with van der Waals surface area (Å²) in [6.45, 7) is 5.79.